The maximum atomic E-state index is 13.2. The third-order valence-electron chi connectivity index (χ3n) is 7.73. The standard InChI is InChI=1S/C26H33NO3SSe/c1-20-11-13-23(14-12-20)31(29,30)27-32(17-7-10-21-8-5-4-6-9-21)19-26-16-15-22(18-24(26)28)25(26,2)3/h4-14,22,24,28H,15-19H2,1-3H3/b10-7+. The molecule has 2 aliphatic carbocycles. The van der Waals surface area contributed by atoms with Crippen LogP contribution in [0.5, 0.6) is 0 Å². The van der Waals surface area contributed by atoms with Crippen LogP contribution in [0.25, 0.3) is 6.08 Å². The molecule has 4 rings (SSSR count). The SMILES string of the molecule is Cc1ccc(S(=O)(=O)/N=[Se](\C/C=C/c2ccccc2)CC23CCC(CC2O)C3(C)C)cc1. The van der Waals surface area contributed by atoms with E-state index < -0.39 is 23.7 Å². The number of rotatable bonds is 7. The van der Waals surface area contributed by atoms with Crippen molar-refractivity contribution in [1.29, 1.82) is 0 Å². The summed E-state index contributed by atoms with van der Waals surface area (Å²) in [5.41, 5.74) is 1.91. The molecule has 2 fully saturated rings. The van der Waals surface area contributed by atoms with E-state index >= 15 is 0 Å². The van der Waals surface area contributed by atoms with Crippen LogP contribution in [0.1, 0.15) is 44.2 Å². The number of hydrogen-bond donors (Lipinski definition) is 1. The minimum atomic E-state index is -3.72. The van der Waals surface area contributed by atoms with Crippen LogP contribution in [0.4, 0.5) is 0 Å². The van der Waals surface area contributed by atoms with Crippen LogP contribution in [0, 0.1) is 23.7 Å². The van der Waals surface area contributed by atoms with Gasteiger partial charge in [0.2, 0.25) is 0 Å². The molecular formula is C26H33NO3SSe. The van der Waals surface area contributed by atoms with Crippen molar-refractivity contribution in [3.05, 3.63) is 71.8 Å². The summed E-state index contributed by atoms with van der Waals surface area (Å²) in [6.45, 7) is 6.47. The number of nitrogens with zero attached hydrogens (tertiary/aromatic N) is 1. The maximum absolute atomic E-state index is 13.2. The summed E-state index contributed by atoms with van der Waals surface area (Å²) in [6, 6.07) is 17.0. The Labute approximate surface area is 196 Å². The quantitative estimate of drug-likeness (QED) is 0.468. The molecule has 2 saturated carbocycles. The zero-order valence-electron chi connectivity index (χ0n) is 19.1. The van der Waals surface area contributed by atoms with Gasteiger partial charge in [-0.05, 0) is 0 Å². The molecule has 2 bridgehead atoms. The molecule has 2 aromatic carbocycles. The normalized spacial score (nSPS) is 27.9. The average molecular weight is 519 g/mol. The summed E-state index contributed by atoms with van der Waals surface area (Å²) in [4.78, 5) is 0.261. The van der Waals surface area contributed by atoms with Crippen molar-refractivity contribution in [2.45, 2.75) is 61.7 Å². The van der Waals surface area contributed by atoms with E-state index in [1.54, 1.807) is 12.1 Å². The van der Waals surface area contributed by atoms with Crippen LogP contribution >= 0.6 is 0 Å². The number of benzene rings is 2. The fourth-order valence-corrected chi connectivity index (χ4v) is 13.2. The first kappa shape index (κ1) is 23.6. The van der Waals surface area contributed by atoms with Crippen molar-refractivity contribution in [2.24, 2.45) is 20.1 Å². The monoisotopic (exact) mass is 519 g/mol. The van der Waals surface area contributed by atoms with Gasteiger partial charge in [-0.15, -0.1) is 0 Å². The molecule has 4 nitrogen and oxygen atoms in total. The predicted molar refractivity (Wildman–Crippen MR) is 131 cm³/mol. The van der Waals surface area contributed by atoms with Gasteiger partial charge in [0.05, 0.1) is 0 Å². The summed E-state index contributed by atoms with van der Waals surface area (Å²) in [5, 5.41) is 12.4. The Kier molecular flexibility index (Phi) is 6.61. The van der Waals surface area contributed by atoms with Crippen LogP contribution in [0.2, 0.25) is 10.6 Å². The zero-order chi connectivity index (χ0) is 23.0. The summed E-state index contributed by atoms with van der Waals surface area (Å²) < 4.78 is 30.9. The van der Waals surface area contributed by atoms with E-state index in [-0.39, 0.29) is 21.8 Å². The molecule has 0 spiro atoms. The molecule has 4 unspecified atom stereocenters. The van der Waals surface area contributed by atoms with Crippen molar-refractivity contribution in [1.82, 2.24) is 0 Å². The van der Waals surface area contributed by atoms with Gasteiger partial charge >= 0.3 is 197 Å². The Bertz CT molecular complexity index is 1120. The number of sulfonamides is 1. The predicted octanol–water partition coefficient (Wildman–Crippen LogP) is 5.84. The van der Waals surface area contributed by atoms with E-state index in [9.17, 15) is 13.5 Å². The van der Waals surface area contributed by atoms with Gasteiger partial charge in [-0.1, -0.05) is 0 Å². The number of allylic oxidation sites excluding steroid dienone is 1. The molecule has 0 aliphatic heterocycles. The van der Waals surface area contributed by atoms with Crippen LogP contribution in [0.15, 0.2) is 68.9 Å². The zero-order valence-corrected chi connectivity index (χ0v) is 21.6. The number of aliphatic hydroxyl groups excluding tert-OH is 1. The number of aliphatic hydroxyl groups is 1. The first-order chi connectivity index (χ1) is 15.1. The molecule has 2 aliphatic rings. The van der Waals surface area contributed by atoms with Gasteiger partial charge in [0.15, 0.2) is 0 Å². The second-order valence-corrected chi connectivity index (χ2v) is 15.6. The Hall–Kier alpha value is -1.59. The van der Waals surface area contributed by atoms with Gasteiger partial charge in [0.1, 0.15) is 0 Å². The summed E-state index contributed by atoms with van der Waals surface area (Å²) in [5.74, 6) is 0.512. The molecular weight excluding hydrogens is 485 g/mol. The van der Waals surface area contributed by atoms with Crippen molar-refractivity contribution in [3.63, 3.8) is 0 Å². The Balaban J connectivity index is 1.67. The van der Waals surface area contributed by atoms with Gasteiger partial charge < -0.3 is 0 Å². The molecule has 0 aromatic heterocycles. The Morgan fingerprint density at radius 3 is 2.41 bits per heavy atom. The first-order valence-corrected chi connectivity index (χ1v) is 15.9. The number of aryl methyl sites for hydroxylation is 1. The van der Waals surface area contributed by atoms with E-state index in [2.05, 4.69) is 29.4 Å². The van der Waals surface area contributed by atoms with E-state index in [1.807, 2.05) is 49.4 Å². The van der Waals surface area contributed by atoms with E-state index in [0.717, 1.165) is 30.4 Å². The molecule has 172 valence electrons. The molecule has 0 saturated heterocycles. The van der Waals surface area contributed by atoms with Crippen molar-refractivity contribution >= 4 is 29.8 Å². The van der Waals surface area contributed by atoms with E-state index in [0.29, 0.717) is 16.6 Å². The Morgan fingerprint density at radius 1 is 1.12 bits per heavy atom. The number of fused-ring (bicyclic) bond motifs is 2. The number of hydrogen-bond acceptors (Lipinski definition) is 3. The molecule has 6 heteroatoms. The summed E-state index contributed by atoms with van der Waals surface area (Å²) in [6.07, 6.45) is 6.68. The van der Waals surface area contributed by atoms with Crippen molar-refractivity contribution < 1.29 is 13.5 Å². The van der Waals surface area contributed by atoms with Crippen LogP contribution in [-0.2, 0) is 10.0 Å². The van der Waals surface area contributed by atoms with Crippen molar-refractivity contribution in [3.8, 4) is 0 Å². The van der Waals surface area contributed by atoms with Gasteiger partial charge in [0, 0.05) is 0 Å². The van der Waals surface area contributed by atoms with E-state index in [4.69, 9.17) is 0 Å². The van der Waals surface area contributed by atoms with Gasteiger partial charge in [-0.2, -0.15) is 0 Å². The Morgan fingerprint density at radius 2 is 1.81 bits per heavy atom. The van der Waals surface area contributed by atoms with Gasteiger partial charge in [-0.25, -0.2) is 0 Å². The van der Waals surface area contributed by atoms with Gasteiger partial charge in [-0.3, -0.25) is 0 Å². The molecule has 2 aromatic rings. The third kappa shape index (κ3) is 4.43. The fraction of sp³-hybridized carbons (Fsp3) is 0.462. The summed E-state index contributed by atoms with van der Waals surface area (Å²) in [7, 11) is -3.72. The summed E-state index contributed by atoms with van der Waals surface area (Å²) >= 11 is -1.95. The van der Waals surface area contributed by atoms with Crippen LogP contribution in [0.3, 0.4) is 0 Å². The third-order valence-corrected chi connectivity index (χ3v) is 14.6. The van der Waals surface area contributed by atoms with Crippen LogP contribution < -0.4 is 0 Å². The molecule has 32 heavy (non-hydrogen) atoms. The molecule has 0 amide bonds. The first-order valence-electron chi connectivity index (χ1n) is 11.3. The molecule has 1 N–H and O–H groups in total. The molecule has 4 atom stereocenters. The minimum absolute atomic E-state index is 0.0143. The molecule has 0 heterocycles. The van der Waals surface area contributed by atoms with Crippen LogP contribution in [-0.4, -0.2) is 33.3 Å². The average Bonchev–Trinajstić information content (AvgIpc) is 3.09. The van der Waals surface area contributed by atoms with Crippen molar-refractivity contribution in [2.75, 3.05) is 0 Å². The van der Waals surface area contributed by atoms with E-state index in [1.165, 1.54) is 0 Å². The second-order valence-electron chi connectivity index (χ2n) is 9.81. The topological polar surface area (TPSA) is 66.7 Å². The van der Waals surface area contributed by atoms with Gasteiger partial charge in [0.25, 0.3) is 0 Å². The molecule has 0 radical (unpaired) electrons. The second kappa shape index (κ2) is 8.98. The fourth-order valence-electron chi connectivity index (χ4n) is 5.54.